The van der Waals surface area contributed by atoms with E-state index in [1.807, 2.05) is 24.3 Å². The predicted molar refractivity (Wildman–Crippen MR) is 93.5 cm³/mol. The van der Waals surface area contributed by atoms with Crippen molar-refractivity contribution in [2.45, 2.75) is 31.4 Å². The molecule has 0 unspecified atom stereocenters. The third kappa shape index (κ3) is 3.74. The molecule has 1 aliphatic rings. The molecule has 1 aliphatic carbocycles. The SMILES string of the molecule is COc1ccccc1[C@@H]1C[C@H]1NC(=O)[C@@H](C)Oc1ccccc1C#N. The van der Waals surface area contributed by atoms with E-state index in [-0.39, 0.29) is 17.9 Å². The third-order valence-corrected chi connectivity index (χ3v) is 4.34. The van der Waals surface area contributed by atoms with Crippen molar-refractivity contribution in [3.63, 3.8) is 0 Å². The Bertz CT molecular complexity index is 813. The number of nitrogens with one attached hydrogen (secondary N) is 1. The topological polar surface area (TPSA) is 71.3 Å². The molecule has 1 amide bonds. The van der Waals surface area contributed by atoms with Crippen LogP contribution in [0.4, 0.5) is 0 Å². The van der Waals surface area contributed by atoms with Gasteiger partial charge in [0.05, 0.1) is 12.7 Å². The van der Waals surface area contributed by atoms with Crippen molar-refractivity contribution in [1.82, 2.24) is 5.32 Å². The van der Waals surface area contributed by atoms with E-state index in [2.05, 4.69) is 11.4 Å². The lowest BCUT2D eigenvalue weighted by Crippen LogP contribution is -2.38. The molecule has 2 aromatic carbocycles. The second-order valence-electron chi connectivity index (χ2n) is 6.07. The summed E-state index contributed by atoms with van der Waals surface area (Å²) in [6.45, 7) is 1.68. The Balaban J connectivity index is 1.59. The Hall–Kier alpha value is -3.00. The normalized spacial score (nSPS) is 19.4. The highest BCUT2D eigenvalue weighted by Gasteiger charge is 2.41. The fraction of sp³-hybridized carbons (Fsp3) is 0.300. The van der Waals surface area contributed by atoms with Crippen LogP contribution < -0.4 is 14.8 Å². The molecule has 0 spiro atoms. The van der Waals surface area contributed by atoms with Gasteiger partial charge in [-0.2, -0.15) is 5.26 Å². The second-order valence-corrected chi connectivity index (χ2v) is 6.07. The standard InChI is InChI=1S/C20H20N2O3/c1-13(25-18-9-5-3-7-14(18)12-21)20(23)22-17-11-16(17)15-8-4-6-10-19(15)24-2/h3-10,13,16-17H,11H2,1-2H3,(H,22,23)/t13-,16+,17-/m1/s1. The van der Waals surface area contributed by atoms with Gasteiger partial charge in [0, 0.05) is 12.0 Å². The second kappa shape index (κ2) is 7.27. The van der Waals surface area contributed by atoms with Crippen LogP contribution in [0.3, 0.4) is 0 Å². The molecule has 0 bridgehead atoms. The van der Waals surface area contributed by atoms with E-state index in [0.717, 1.165) is 17.7 Å². The maximum absolute atomic E-state index is 12.4. The average Bonchev–Trinajstić information content (AvgIpc) is 3.40. The van der Waals surface area contributed by atoms with E-state index in [1.54, 1.807) is 38.3 Å². The first-order valence-corrected chi connectivity index (χ1v) is 8.23. The van der Waals surface area contributed by atoms with Gasteiger partial charge in [-0.1, -0.05) is 30.3 Å². The van der Waals surface area contributed by atoms with Gasteiger partial charge in [0.25, 0.3) is 5.91 Å². The van der Waals surface area contributed by atoms with Crippen molar-refractivity contribution in [3.05, 3.63) is 59.7 Å². The molecule has 0 heterocycles. The maximum Gasteiger partial charge on any atom is 0.261 e. The Kier molecular flexibility index (Phi) is 4.90. The number of amides is 1. The fourth-order valence-corrected chi connectivity index (χ4v) is 2.88. The highest BCUT2D eigenvalue weighted by molar-refractivity contribution is 5.81. The van der Waals surface area contributed by atoms with E-state index in [9.17, 15) is 4.79 Å². The van der Waals surface area contributed by atoms with E-state index in [0.29, 0.717) is 11.3 Å². The Morgan fingerprint density at radius 1 is 1.20 bits per heavy atom. The summed E-state index contributed by atoms with van der Waals surface area (Å²) in [6.07, 6.45) is 0.210. The Morgan fingerprint density at radius 2 is 1.88 bits per heavy atom. The lowest BCUT2D eigenvalue weighted by molar-refractivity contribution is -0.127. The quantitative estimate of drug-likeness (QED) is 0.880. The van der Waals surface area contributed by atoms with Gasteiger partial charge >= 0.3 is 0 Å². The van der Waals surface area contributed by atoms with Crippen LogP contribution >= 0.6 is 0 Å². The first-order valence-electron chi connectivity index (χ1n) is 8.23. The van der Waals surface area contributed by atoms with Gasteiger partial charge in [-0.05, 0) is 37.1 Å². The number of methoxy groups -OCH3 is 1. The number of hydrogen-bond acceptors (Lipinski definition) is 4. The van der Waals surface area contributed by atoms with Crippen LogP contribution in [0.1, 0.15) is 30.4 Å². The molecule has 1 fully saturated rings. The van der Waals surface area contributed by atoms with Gasteiger partial charge in [-0.3, -0.25) is 4.79 Å². The summed E-state index contributed by atoms with van der Waals surface area (Å²) in [7, 11) is 1.65. The third-order valence-electron chi connectivity index (χ3n) is 4.34. The van der Waals surface area contributed by atoms with Gasteiger partial charge in [0.2, 0.25) is 0 Å². The molecular weight excluding hydrogens is 316 g/mol. The van der Waals surface area contributed by atoms with Crippen LogP contribution in [0, 0.1) is 11.3 Å². The van der Waals surface area contributed by atoms with Gasteiger partial charge in [-0.15, -0.1) is 0 Å². The van der Waals surface area contributed by atoms with Crippen LogP contribution in [0.15, 0.2) is 48.5 Å². The molecule has 128 valence electrons. The number of nitriles is 1. The zero-order chi connectivity index (χ0) is 17.8. The minimum Gasteiger partial charge on any atom is -0.496 e. The molecule has 25 heavy (non-hydrogen) atoms. The minimum absolute atomic E-state index is 0.0843. The lowest BCUT2D eigenvalue weighted by atomic mass is 10.1. The summed E-state index contributed by atoms with van der Waals surface area (Å²) in [5.74, 6) is 1.34. The van der Waals surface area contributed by atoms with Crippen LogP contribution in [0.2, 0.25) is 0 Å². The number of para-hydroxylation sites is 2. The number of ether oxygens (including phenoxy) is 2. The number of benzene rings is 2. The molecule has 5 heteroatoms. The molecular formula is C20H20N2O3. The largest absolute Gasteiger partial charge is 0.496 e. The first kappa shape index (κ1) is 16.8. The highest BCUT2D eigenvalue weighted by Crippen LogP contribution is 2.44. The molecule has 1 N–H and O–H groups in total. The van der Waals surface area contributed by atoms with Crippen molar-refractivity contribution in [2.24, 2.45) is 0 Å². The molecule has 2 aromatic rings. The lowest BCUT2D eigenvalue weighted by Gasteiger charge is -2.15. The summed E-state index contributed by atoms with van der Waals surface area (Å²) < 4.78 is 11.0. The van der Waals surface area contributed by atoms with E-state index < -0.39 is 6.10 Å². The molecule has 3 rings (SSSR count). The van der Waals surface area contributed by atoms with E-state index in [1.165, 1.54) is 0 Å². The number of carbonyl (C=O) groups excluding carboxylic acids is 1. The van der Waals surface area contributed by atoms with Gasteiger partial charge in [0.1, 0.15) is 17.6 Å². The summed E-state index contributed by atoms with van der Waals surface area (Å²) in [4.78, 5) is 12.4. The zero-order valence-corrected chi connectivity index (χ0v) is 14.2. The molecule has 0 saturated heterocycles. The van der Waals surface area contributed by atoms with E-state index >= 15 is 0 Å². The predicted octanol–water partition coefficient (Wildman–Crippen LogP) is 3.01. The number of rotatable bonds is 6. The van der Waals surface area contributed by atoms with E-state index in [4.69, 9.17) is 14.7 Å². The molecule has 1 saturated carbocycles. The van der Waals surface area contributed by atoms with Crippen LogP contribution in [-0.2, 0) is 4.79 Å². The van der Waals surface area contributed by atoms with Crippen LogP contribution in [0.25, 0.3) is 0 Å². The summed E-state index contributed by atoms with van der Waals surface area (Å²) in [5.41, 5.74) is 1.53. The fourth-order valence-electron chi connectivity index (χ4n) is 2.88. The average molecular weight is 336 g/mol. The van der Waals surface area contributed by atoms with Crippen LogP contribution in [0.5, 0.6) is 11.5 Å². The summed E-state index contributed by atoms with van der Waals surface area (Å²) in [5, 5.41) is 12.1. The molecule has 3 atom stereocenters. The molecule has 0 aromatic heterocycles. The first-order chi connectivity index (χ1) is 12.1. The van der Waals surface area contributed by atoms with Crippen molar-refractivity contribution >= 4 is 5.91 Å². The molecule has 0 aliphatic heterocycles. The Morgan fingerprint density at radius 3 is 2.60 bits per heavy atom. The number of hydrogen-bond donors (Lipinski definition) is 1. The zero-order valence-electron chi connectivity index (χ0n) is 14.2. The van der Waals surface area contributed by atoms with Gasteiger partial charge in [0.15, 0.2) is 6.10 Å². The highest BCUT2D eigenvalue weighted by atomic mass is 16.5. The minimum atomic E-state index is -0.673. The molecule has 5 nitrogen and oxygen atoms in total. The Labute approximate surface area is 147 Å². The van der Waals surface area contributed by atoms with Crippen molar-refractivity contribution < 1.29 is 14.3 Å². The van der Waals surface area contributed by atoms with Crippen LogP contribution in [-0.4, -0.2) is 25.2 Å². The number of carbonyl (C=O) groups is 1. The van der Waals surface area contributed by atoms with Gasteiger partial charge in [-0.25, -0.2) is 0 Å². The molecule has 0 radical (unpaired) electrons. The summed E-state index contributed by atoms with van der Waals surface area (Å²) in [6, 6.07) is 16.9. The monoisotopic (exact) mass is 336 g/mol. The smallest absolute Gasteiger partial charge is 0.261 e. The van der Waals surface area contributed by atoms with Gasteiger partial charge < -0.3 is 14.8 Å². The van der Waals surface area contributed by atoms with Crippen molar-refractivity contribution in [1.29, 1.82) is 5.26 Å². The number of nitrogens with zero attached hydrogens (tertiary/aromatic N) is 1. The maximum atomic E-state index is 12.4. The van der Waals surface area contributed by atoms with Crippen molar-refractivity contribution in [3.8, 4) is 17.6 Å². The van der Waals surface area contributed by atoms with Crippen molar-refractivity contribution in [2.75, 3.05) is 7.11 Å². The summed E-state index contributed by atoms with van der Waals surface area (Å²) >= 11 is 0.